The molecule has 0 unspecified atom stereocenters. The Hall–Kier alpha value is -4.18. The second-order valence-corrected chi connectivity index (χ2v) is 8.67. The van der Waals surface area contributed by atoms with E-state index in [-0.39, 0.29) is 17.4 Å². The van der Waals surface area contributed by atoms with Crippen molar-refractivity contribution in [3.63, 3.8) is 0 Å². The molecule has 10 heteroatoms. The van der Waals surface area contributed by atoms with Crippen molar-refractivity contribution < 1.29 is 9.59 Å². The Labute approximate surface area is 199 Å². The van der Waals surface area contributed by atoms with E-state index in [1.807, 2.05) is 13.8 Å². The van der Waals surface area contributed by atoms with Crippen LogP contribution >= 0.6 is 11.3 Å². The van der Waals surface area contributed by atoms with Crippen molar-refractivity contribution in [2.24, 2.45) is 7.05 Å². The predicted molar refractivity (Wildman–Crippen MR) is 131 cm³/mol. The molecule has 4 aromatic rings. The maximum absolute atomic E-state index is 13.0. The lowest BCUT2D eigenvalue weighted by Gasteiger charge is -2.09. The minimum absolute atomic E-state index is 0.263. The molecule has 0 saturated heterocycles. The largest absolute Gasteiger partial charge is 0.322 e. The van der Waals surface area contributed by atoms with Gasteiger partial charge in [0.1, 0.15) is 9.88 Å². The van der Waals surface area contributed by atoms with Gasteiger partial charge in [-0.25, -0.2) is 9.67 Å². The van der Waals surface area contributed by atoms with E-state index in [0.717, 1.165) is 22.6 Å². The second kappa shape index (κ2) is 9.36. The normalized spacial score (nSPS) is 10.7. The molecule has 9 nitrogen and oxygen atoms in total. The molecule has 2 N–H and O–H groups in total. The van der Waals surface area contributed by atoms with Crippen LogP contribution in [0.2, 0.25) is 0 Å². The molecule has 0 saturated carbocycles. The number of thiazole rings is 1. The fourth-order valence-corrected chi connectivity index (χ4v) is 4.44. The summed E-state index contributed by atoms with van der Waals surface area (Å²) in [4.78, 5) is 46.9. The van der Waals surface area contributed by atoms with Crippen LogP contribution < -0.4 is 16.2 Å². The molecular formula is C24H22N6O3S. The average Bonchev–Trinajstić information content (AvgIpc) is 3.20. The molecular weight excluding hydrogens is 452 g/mol. The van der Waals surface area contributed by atoms with Gasteiger partial charge in [-0.2, -0.15) is 5.10 Å². The Morgan fingerprint density at radius 2 is 1.59 bits per heavy atom. The van der Waals surface area contributed by atoms with Gasteiger partial charge in [-0.1, -0.05) is 6.07 Å². The lowest BCUT2D eigenvalue weighted by molar-refractivity contribution is 0.102. The van der Waals surface area contributed by atoms with Gasteiger partial charge in [-0.15, -0.1) is 11.3 Å². The monoisotopic (exact) mass is 474 g/mol. The maximum atomic E-state index is 13.0. The van der Waals surface area contributed by atoms with Crippen molar-refractivity contribution in [3.05, 3.63) is 86.5 Å². The van der Waals surface area contributed by atoms with Crippen molar-refractivity contribution >= 4 is 34.5 Å². The van der Waals surface area contributed by atoms with E-state index in [9.17, 15) is 14.4 Å². The van der Waals surface area contributed by atoms with Crippen molar-refractivity contribution in [2.45, 2.75) is 20.8 Å². The molecule has 0 spiro atoms. The van der Waals surface area contributed by atoms with Gasteiger partial charge in [0.2, 0.25) is 0 Å². The zero-order chi connectivity index (χ0) is 24.4. The van der Waals surface area contributed by atoms with Crippen LogP contribution in [0.4, 0.5) is 11.4 Å². The van der Waals surface area contributed by atoms with Gasteiger partial charge in [-0.05, 0) is 56.7 Å². The topological polar surface area (TPSA) is 119 Å². The van der Waals surface area contributed by atoms with Gasteiger partial charge in [-0.3, -0.25) is 19.4 Å². The third-order valence-electron chi connectivity index (χ3n) is 5.26. The number of aryl methyl sites for hydroxylation is 3. The number of pyridine rings is 1. The molecule has 0 aliphatic carbocycles. The Morgan fingerprint density at radius 3 is 2.26 bits per heavy atom. The van der Waals surface area contributed by atoms with Gasteiger partial charge >= 0.3 is 0 Å². The molecule has 1 aromatic carbocycles. The first-order chi connectivity index (χ1) is 16.2. The summed E-state index contributed by atoms with van der Waals surface area (Å²) in [6, 6.07) is 10.1. The minimum atomic E-state index is -0.348. The summed E-state index contributed by atoms with van der Waals surface area (Å²) in [5.41, 5.74) is 3.69. The molecule has 0 aliphatic rings. The number of carbonyl (C=O) groups excluding carboxylic acids is 2. The third-order valence-corrected chi connectivity index (χ3v) is 6.44. The van der Waals surface area contributed by atoms with E-state index in [1.165, 1.54) is 4.68 Å². The summed E-state index contributed by atoms with van der Waals surface area (Å²) < 4.78 is 1.28. The summed E-state index contributed by atoms with van der Waals surface area (Å²) in [7, 11) is 1.59. The number of amides is 2. The summed E-state index contributed by atoms with van der Waals surface area (Å²) in [5, 5.41) is 10.3. The minimum Gasteiger partial charge on any atom is -0.322 e. The van der Waals surface area contributed by atoms with Crippen LogP contribution in [0.5, 0.6) is 0 Å². The number of hydrogen-bond donors (Lipinski definition) is 2. The van der Waals surface area contributed by atoms with Crippen LogP contribution in [0.15, 0.2) is 53.6 Å². The molecule has 3 heterocycles. The first-order valence-electron chi connectivity index (χ1n) is 10.4. The van der Waals surface area contributed by atoms with E-state index in [1.54, 1.807) is 62.8 Å². The molecule has 0 fully saturated rings. The highest BCUT2D eigenvalue weighted by Gasteiger charge is 2.21. The van der Waals surface area contributed by atoms with Crippen LogP contribution in [0.1, 0.15) is 37.0 Å². The van der Waals surface area contributed by atoms with E-state index in [0.29, 0.717) is 38.1 Å². The van der Waals surface area contributed by atoms with Gasteiger partial charge in [0.05, 0.1) is 17.0 Å². The number of carbonyl (C=O) groups is 2. The number of nitrogens with zero attached hydrogens (tertiary/aromatic N) is 4. The lowest BCUT2D eigenvalue weighted by Crippen LogP contribution is -2.23. The van der Waals surface area contributed by atoms with E-state index in [4.69, 9.17) is 0 Å². The summed E-state index contributed by atoms with van der Waals surface area (Å²) in [6.07, 6.45) is 3.09. The van der Waals surface area contributed by atoms with Gasteiger partial charge in [0.25, 0.3) is 17.4 Å². The standard InChI is InChI=1S/C24H22N6O3S/c1-13-14(2)29-30(4)24(33)19(13)23-26-15(3)20(34-23)22(32)28-18-7-5-6-17(12-18)27-21(31)16-8-10-25-11-9-16/h5-12H,1-4H3,(H,27,31)(H,28,32). The first-order valence-corrected chi connectivity index (χ1v) is 11.2. The Bertz CT molecular complexity index is 1460. The number of anilines is 2. The zero-order valence-electron chi connectivity index (χ0n) is 19.0. The van der Waals surface area contributed by atoms with E-state index < -0.39 is 0 Å². The molecule has 0 aliphatic heterocycles. The van der Waals surface area contributed by atoms with Crippen LogP contribution in [-0.2, 0) is 7.05 Å². The van der Waals surface area contributed by atoms with Crippen molar-refractivity contribution in [1.82, 2.24) is 19.7 Å². The van der Waals surface area contributed by atoms with Gasteiger partial charge in [0.15, 0.2) is 0 Å². The Balaban J connectivity index is 1.56. The SMILES string of the molecule is Cc1nc(-c2c(C)c(C)nn(C)c2=O)sc1C(=O)Nc1cccc(NC(=O)c2ccncc2)c1. The van der Waals surface area contributed by atoms with Crippen LogP contribution in [0.3, 0.4) is 0 Å². The Kier molecular flexibility index (Phi) is 6.33. The summed E-state index contributed by atoms with van der Waals surface area (Å²) >= 11 is 1.16. The molecule has 0 bridgehead atoms. The summed E-state index contributed by atoms with van der Waals surface area (Å²) in [5.74, 6) is -0.627. The smallest absolute Gasteiger partial charge is 0.277 e. The number of nitrogens with one attached hydrogen (secondary N) is 2. The molecule has 4 rings (SSSR count). The quantitative estimate of drug-likeness (QED) is 0.455. The zero-order valence-corrected chi connectivity index (χ0v) is 19.9. The molecule has 0 radical (unpaired) electrons. The van der Waals surface area contributed by atoms with E-state index >= 15 is 0 Å². The highest BCUT2D eigenvalue weighted by Crippen LogP contribution is 2.29. The third kappa shape index (κ3) is 4.62. The fraction of sp³-hybridized carbons (Fsp3) is 0.167. The highest BCUT2D eigenvalue weighted by atomic mass is 32.1. The first kappa shape index (κ1) is 23.0. The number of rotatable bonds is 5. The van der Waals surface area contributed by atoms with Gasteiger partial charge < -0.3 is 10.6 Å². The highest BCUT2D eigenvalue weighted by molar-refractivity contribution is 7.17. The number of benzene rings is 1. The van der Waals surface area contributed by atoms with E-state index in [2.05, 4.69) is 25.7 Å². The Morgan fingerprint density at radius 1 is 0.941 bits per heavy atom. The van der Waals surface area contributed by atoms with Crippen LogP contribution in [-0.4, -0.2) is 31.6 Å². The maximum Gasteiger partial charge on any atom is 0.277 e. The van der Waals surface area contributed by atoms with Crippen LogP contribution in [0.25, 0.3) is 10.6 Å². The van der Waals surface area contributed by atoms with Crippen molar-refractivity contribution in [2.75, 3.05) is 10.6 Å². The van der Waals surface area contributed by atoms with Crippen molar-refractivity contribution in [1.29, 1.82) is 0 Å². The molecule has 172 valence electrons. The molecule has 0 atom stereocenters. The van der Waals surface area contributed by atoms with Gasteiger partial charge in [0, 0.05) is 36.4 Å². The fourth-order valence-electron chi connectivity index (χ4n) is 3.38. The molecule has 3 aromatic heterocycles. The lowest BCUT2D eigenvalue weighted by atomic mass is 10.1. The van der Waals surface area contributed by atoms with Crippen molar-refractivity contribution in [3.8, 4) is 10.6 Å². The predicted octanol–water partition coefficient (Wildman–Crippen LogP) is 3.73. The average molecular weight is 475 g/mol. The molecule has 34 heavy (non-hydrogen) atoms. The molecule has 2 amide bonds. The second-order valence-electron chi connectivity index (χ2n) is 7.67. The summed E-state index contributed by atoms with van der Waals surface area (Å²) in [6.45, 7) is 5.38. The number of hydrogen-bond acceptors (Lipinski definition) is 7. The van der Waals surface area contributed by atoms with Crippen LogP contribution in [0, 0.1) is 20.8 Å². The number of aromatic nitrogens is 4.